The van der Waals surface area contributed by atoms with Gasteiger partial charge in [-0.25, -0.2) is 9.59 Å². The van der Waals surface area contributed by atoms with E-state index in [9.17, 15) is 19.8 Å². The van der Waals surface area contributed by atoms with E-state index in [1.165, 1.54) is 0 Å². The molecule has 14 nitrogen and oxygen atoms in total. The average Bonchev–Trinajstić information content (AvgIpc) is 3.75. The fourth-order valence-corrected chi connectivity index (χ4v) is 9.50. The van der Waals surface area contributed by atoms with E-state index in [0.29, 0.717) is 48.1 Å². The van der Waals surface area contributed by atoms with Crippen molar-refractivity contribution in [2.45, 2.75) is 89.7 Å². The Morgan fingerprint density at radius 3 is 2.48 bits per heavy atom. The van der Waals surface area contributed by atoms with Crippen LogP contribution in [-0.4, -0.2) is 84.6 Å². The maximum atomic E-state index is 14.5. The highest BCUT2D eigenvalue weighted by molar-refractivity contribution is 6.03. The van der Waals surface area contributed by atoms with Crippen LogP contribution in [0.4, 0.5) is 9.59 Å². The minimum atomic E-state index is -1.52. The standard InChI is InChI=1S/C48H59N3O11/c1-4-24-59-48-43(51(47(55)56-6-3)29-33-18-20-41-42(25-33)58-31-57-41)28-39(50-60-30-32-14-8-7-9-15-32)37-26-34(16-10-12-22-52)36(17-11-13-23-53)44(45(37)48)38-27-35(19-21-40(38)62-48)61-46(54)49-5-2/h4,7-9,14-15,18-21,25-27,34,36,43-45,52-53H,1,5-6,10-13,16-17,22-24,28-31H2,2-3H3,(H,49,54)/t34-,36+,43-,44+,45+,48+/m0/s1. The molecule has 3 aromatic carbocycles. The normalized spacial score (nSPS) is 23.6. The smallest absolute Gasteiger partial charge is 0.412 e. The van der Waals surface area contributed by atoms with Crippen molar-refractivity contribution >= 4 is 17.9 Å². The molecular formula is C48H59N3O11. The highest BCUT2D eigenvalue weighted by Crippen LogP contribution is 2.62. The highest BCUT2D eigenvalue weighted by atomic mass is 16.7. The second kappa shape index (κ2) is 21.0. The van der Waals surface area contributed by atoms with Gasteiger partial charge in [-0.05, 0) is 98.4 Å². The largest absolute Gasteiger partial charge is 0.459 e. The van der Waals surface area contributed by atoms with Crippen molar-refractivity contribution in [3.05, 3.63) is 108 Å². The van der Waals surface area contributed by atoms with Crippen LogP contribution in [0, 0.1) is 17.8 Å². The summed E-state index contributed by atoms with van der Waals surface area (Å²) in [6, 6.07) is 19.9. The van der Waals surface area contributed by atoms with Gasteiger partial charge < -0.3 is 48.8 Å². The molecule has 2 heterocycles. The molecule has 332 valence electrons. The Kier molecular flexibility index (Phi) is 15.1. The van der Waals surface area contributed by atoms with E-state index in [1.54, 1.807) is 30.0 Å². The van der Waals surface area contributed by atoms with Crippen LogP contribution in [0.1, 0.15) is 81.4 Å². The molecule has 3 aromatic rings. The molecule has 62 heavy (non-hydrogen) atoms. The molecule has 2 aliphatic carbocycles. The first-order valence-corrected chi connectivity index (χ1v) is 21.9. The van der Waals surface area contributed by atoms with Crippen molar-refractivity contribution in [3.63, 3.8) is 0 Å². The molecular weight excluding hydrogens is 795 g/mol. The minimum Gasteiger partial charge on any atom is -0.459 e. The number of aliphatic hydroxyl groups is 2. The first kappa shape index (κ1) is 44.5. The van der Waals surface area contributed by atoms with Crippen molar-refractivity contribution in [2.24, 2.45) is 22.9 Å². The predicted octanol–water partition coefficient (Wildman–Crippen LogP) is 8.02. The molecule has 0 aromatic heterocycles. The van der Waals surface area contributed by atoms with Crippen LogP contribution in [0.15, 0.2) is 96.2 Å². The first-order valence-electron chi connectivity index (χ1n) is 21.9. The molecule has 0 bridgehead atoms. The van der Waals surface area contributed by atoms with Crippen LogP contribution in [0.25, 0.3) is 0 Å². The number of hydrogen-bond donors (Lipinski definition) is 3. The molecule has 0 radical (unpaired) electrons. The lowest BCUT2D eigenvalue weighted by Gasteiger charge is -2.59. The Hall–Kier alpha value is -5.57. The summed E-state index contributed by atoms with van der Waals surface area (Å²) in [6.07, 6.45) is 7.31. The summed E-state index contributed by atoms with van der Waals surface area (Å²) in [6.45, 7) is 8.79. The molecule has 0 saturated heterocycles. The zero-order chi connectivity index (χ0) is 43.5. The number of carbonyl (C=O) groups excluding carboxylic acids is 2. The van der Waals surface area contributed by atoms with E-state index in [2.05, 4.69) is 18.0 Å². The zero-order valence-electron chi connectivity index (χ0n) is 35.7. The highest BCUT2D eigenvalue weighted by Gasteiger charge is 2.65. The molecule has 3 N–H and O–H groups in total. The maximum Gasteiger partial charge on any atom is 0.412 e. The SMILES string of the molecule is C=CCO[C@@]12Oc3ccc(OC(=O)NCC)cc3[C@H]3[C@H](CCCCO)[C@@H](CCCCO)C=C(C(=NOCc4ccccc4)C[C@@H]1N(Cc1ccc4c(c1)OCO4)C(=O)OCC)[C@H]32. The number of allylic oxidation sites excluding steroid dienone is 1. The molecule has 14 heteroatoms. The number of ether oxygens (including phenoxy) is 6. The van der Waals surface area contributed by atoms with Crippen molar-refractivity contribution < 1.29 is 53.1 Å². The van der Waals surface area contributed by atoms with Crippen LogP contribution in [-0.2, 0) is 27.5 Å². The number of hydrogen-bond acceptors (Lipinski definition) is 12. The van der Waals surface area contributed by atoms with Crippen molar-refractivity contribution in [1.29, 1.82) is 0 Å². The summed E-state index contributed by atoms with van der Waals surface area (Å²) in [5.74, 6) is -0.364. The van der Waals surface area contributed by atoms with Gasteiger partial charge in [0, 0.05) is 44.2 Å². The lowest BCUT2D eigenvalue weighted by Crippen LogP contribution is -2.70. The minimum absolute atomic E-state index is 0.0122. The summed E-state index contributed by atoms with van der Waals surface area (Å²) in [5, 5.41) is 27.5. The van der Waals surface area contributed by atoms with E-state index in [4.69, 9.17) is 38.4 Å². The number of rotatable bonds is 20. The lowest BCUT2D eigenvalue weighted by molar-refractivity contribution is -0.256. The Morgan fingerprint density at radius 2 is 1.73 bits per heavy atom. The van der Waals surface area contributed by atoms with Gasteiger partial charge in [0.15, 0.2) is 11.5 Å². The van der Waals surface area contributed by atoms with Crippen molar-refractivity contribution in [2.75, 3.05) is 39.8 Å². The van der Waals surface area contributed by atoms with Gasteiger partial charge in [0.25, 0.3) is 0 Å². The zero-order valence-corrected chi connectivity index (χ0v) is 35.7. The number of oxime groups is 1. The lowest BCUT2D eigenvalue weighted by atomic mass is 9.55. The van der Waals surface area contributed by atoms with Gasteiger partial charge in [-0.15, -0.1) is 6.58 Å². The van der Waals surface area contributed by atoms with Crippen LogP contribution in [0.5, 0.6) is 23.0 Å². The Bertz CT molecular complexity index is 2080. The third kappa shape index (κ3) is 9.72. The molecule has 2 amide bonds. The second-order valence-corrected chi connectivity index (χ2v) is 16.0. The van der Waals surface area contributed by atoms with Gasteiger partial charge in [-0.1, -0.05) is 66.5 Å². The summed E-state index contributed by atoms with van der Waals surface area (Å²) in [4.78, 5) is 35.2. The Balaban J connectivity index is 1.44. The van der Waals surface area contributed by atoms with Crippen LogP contribution in [0.2, 0.25) is 0 Å². The van der Waals surface area contributed by atoms with Gasteiger partial charge in [0.05, 0.1) is 24.8 Å². The van der Waals surface area contributed by atoms with E-state index in [-0.39, 0.29) is 70.5 Å². The second-order valence-electron chi connectivity index (χ2n) is 16.0. The molecule has 0 unspecified atom stereocenters. The van der Waals surface area contributed by atoms with Gasteiger partial charge in [0.2, 0.25) is 12.6 Å². The van der Waals surface area contributed by atoms with Crippen LogP contribution >= 0.6 is 0 Å². The summed E-state index contributed by atoms with van der Waals surface area (Å²) in [5.41, 5.74) is 4.06. The molecule has 6 atom stereocenters. The van der Waals surface area contributed by atoms with Gasteiger partial charge >= 0.3 is 12.2 Å². The van der Waals surface area contributed by atoms with E-state index in [0.717, 1.165) is 47.9 Å². The number of aliphatic hydroxyl groups excluding tert-OH is 2. The topological polar surface area (TPSA) is 167 Å². The first-order chi connectivity index (χ1) is 30.3. The van der Waals surface area contributed by atoms with Crippen LogP contribution in [0.3, 0.4) is 0 Å². The Morgan fingerprint density at radius 1 is 0.952 bits per heavy atom. The summed E-state index contributed by atoms with van der Waals surface area (Å²) in [7, 11) is 0. The Labute approximate surface area is 363 Å². The average molecular weight is 854 g/mol. The number of fused-ring (bicyclic) bond motifs is 3. The quantitative estimate of drug-likeness (QED) is 0.0573. The van der Waals surface area contributed by atoms with Gasteiger partial charge in [-0.2, -0.15) is 0 Å². The van der Waals surface area contributed by atoms with Gasteiger partial charge in [-0.3, -0.25) is 4.90 Å². The monoisotopic (exact) mass is 853 g/mol. The number of carbonyl (C=O) groups is 2. The predicted molar refractivity (Wildman–Crippen MR) is 231 cm³/mol. The molecule has 7 rings (SSSR count). The molecule has 1 fully saturated rings. The molecule has 2 aliphatic heterocycles. The molecule has 0 spiro atoms. The van der Waals surface area contributed by atoms with Crippen LogP contribution < -0.4 is 24.3 Å². The molecule has 4 aliphatic rings. The van der Waals surface area contributed by atoms with Crippen molar-refractivity contribution in [1.82, 2.24) is 10.2 Å². The number of benzene rings is 3. The number of nitrogens with one attached hydrogen (secondary N) is 1. The third-order valence-electron chi connectivity index (χ3n) is 12.1. The van der Waals surface area contributed by atoms with E-state index in [1.807, 2.05) is 61.5 Å². The van der Waals surface area contributed by atoms with E-state index >= 15 is 0 Å². The maximum absolute atomic E-state index is 14.5. The van der Waals surface area contributed by atoms with E-state index < -0.39 is 29.9 Å². The molecule has 1 saturated carbocycles. The summed E-state index contributed by atoms with van der Waals surface area (Å²) >= 11 is 0. The number of nitrogens with zero attached hydrogens (tertiary/aromatic N) is 2. The van der Waals surface area contributed by atoms with Gasteiger partial charge in [0.1, 0.15) is 24.1 Å². The number of amides is 2. The fourth-order valence-electron chi connectivity index (χ4n) is 9.50. The fraction of sp³-hybridized carbons (Fsp3) is 0.479. The number of unbranched alkanes of at least 4 members (excludes halogenated alkanes) is 2. The summed E-state index contributed by atoms with van der Waals surface area (Å²) < 4.78 is 37.4. The van der Waals surface area contributed by atoms with Crippen molar-refractivity contribution in [3.8, 4) is 23.0 Å². The third-order valence-corrected chi connectivity index (χ3v) is 12.1.